The summed E-state index contributed by atoms with van der Waals surface area (Å²) in [5.41, 5.74) is 0.965. The molecule has 0 aliphatic heterocycles. The second-order valence-electron chi connectivity index (χ2n) is 5.22. The zero-order chi connectivity index (χ0) is 15.0. The molecule has 6 heteroatoms. The van der Waals surface area contributed by atoms with Crippen LogP contribution in [0.5, 0.6) is 0 Å². The molecule has 21 heavy (non-hydrogen) atoms. The molecule has 1 aliphatic carbocycles. The number of hydrogen-bond donors (Lipinski definition) is 1. The molecule has 1 aromatic heterocycles. The Kier molecular flexibility index (Phi) is 3.91. The third-order valence-corrected chi connectivity index (χ3v) is 4.23. The summed E-state index contributed by atoms with van der Waals surface area (Å²) < 4.78 is 5.36. The lowest BCUT2D eigenvalue weighted by Gasteiger charge is -2.06. The first-order valence-corrected chi connectivity index (χ1v) is 7.51. The first-order valence-electron chi connectivity index (χ1n) is 6.75. The number of carbonyl (C=O) groups is 1. The average molecular weight is 326 g/mol. The molecule has 0 unspecified atom stereocenters. The van der Waals surface area contributed by atoms with Crippen LogP contribution in [0.25, 0.3) is 11.3 Å². The quantitative estimate of drug-likeness (QED) is 0.862. The average Bonchev–Trinajstić information content (AvgIpc) is 3.06. The van der Waals surface area contributed by atoms with Gasteiger partial charge in [0.05, 0.1) is 0 Å². The molecular formula is C15H13Cl2NO3. The SMILES string of the molecule is O=C(O)c1c(-c2cc(Cl)cc(Cl)c2)noc1C1CCCC1. The van der Waals surface area contributed by atoms with Crippen molar-refractivity contribution in [2.45, 2.75) is 31.6 Å². The zero-order valence-corrected chi connectivity index (χ0v) is 12.6. The summed E-state index contributed by atoms with van der Waals surface area (Å²) in [5, 5.41) is 14.4. The fraction of sp³-hybridized carbons (Fsp3) is 0.333. The Balaban J connectivity index is 2.12. The monoisotopic (exact) mass is 325 g/mol. The first kappa shape index (κ1) is 14.4. The van der Waals surface area contributed by atoms with Crippen LogP contribution in [0.1, 0.15) is 47.7 Å². The van der Waals surface area contributed by atoms with Gasteiger partial charge in [-0.25, -0.2) is 4.79 Å². The second kappa shape index (κ2) is 5.70. The molecule has 0 spiro atoms. The Hall–Kier alpha value is -1.52. The Bertz CT molecular complexity index is 670. The topological polar surface area (TPSA) is 63.3 Å². The molecule has 0 bridgehead atoms. The maximum atomic E-state index is 11.6. The minimum Gasteiger partial charge on any atom is -0.477 e. The van der Waals surface area contributed by atoms with Crippen molar-refractivity contribution in [2.24, 2.45) is 0 Å². The van der Waals surface area contributed by atoms with Gasteiger partial charge in [0, 0.05) is 21.5 Å². The maximum absolute atomic E-state index is 11.6. The number of halogens is 2. The lowest BCUT2D eigenvalue weighted by atomic mass is 9.97. The van der Waals surface area contributed by atoms with Crippen LogP contribution in [0.2, 0.25) is 10.0 Å². The highest BCUT2D eigenvalue weighted by Crippen LogP contribution is 2.39. The van der Waals surface area contributed by atoms with Crippen molar-refractivity contribution < 1.29 is 14.4 Å². The summed E-state index contributed by atoms with van der Waals surface area (Å²) in [7, 11) is 0. The molecular weight excluding hydrogens is 313 g/mol. The van der Waals surface area contributed by atoms with Gasteiger partial charge in [0.15, 0.2) is 5.76 Å². The third kappa shape index (κ3) is 2.78. The summed E-state index contributed by atoms with van der Waals surface area (Å²) in [6.07, 6.45) is 4.04. The highest BCUT2D eigenvalue weighted by atomic mass is 35.5. The van der Waals surface area contributed by atoms with E-state index in [9.17, 15) is 9.90 Å². The molecule has 0 saturated heterocycles. The molecule has 1 aromatic carbocycles. The van der Waals surface area contributed by atoms with Gasteiger partial charge in [-0.15, -0.1) is 0 Å². The summed E-state index contributed by atoms with van der Waals surface area (Å²) in [4.78, 5) is 11.6. The van der Waals surface area contributed by atoms with E-state index in [-0.39, 0.29) is 17.2 Å². The minimum absolute atomic E-state index is 0.125. The molecule has 4 nitrogen and oxygen atoms in total. The van der Waals surface area contributed by atoms with E-state index in [1.165, 1.54) is 0 Å². The van der Waals surface area contributed by atoms with E-state index in [1.54, 1.807) is 18.2 Å². The highest BCUT2D eigenvalue weighted by Gasteiger charge is 2.31. The normalized spacial score (nSPS) is 15.5. The van der Waals surface area contributed by atoms with Crippen LogP contribution in [0, 0.1) is 0 Å². The van der Waals surface area contributed by atoms with Crippen LogP contribution in [-0.2, 0) is 0 Å². The number of carboxylic acids is 1. The van der Waals surface area contributed by atoms with E-state index >= 15 is 0 Å². The molecule has 1 saturated carbocycles. The van der Waals surface area contributed by atoms with Gasteiger partial charge in [0.1, 0.15) is 11.3 Å². The Morgan fingerprint density at radius 3 is 2.38 bits per heavy atom. The molecule has 1 heterocycles. The standard InChI is InChI=1S/C15H13Cl2NO3/c16-10-5-9(6-11(17)7-10)13-12(15(19)20)14(21-18-13)8-3-1-2-4-8/h5-8H,1-4H2,(H,19,20). The number of aromatic nitrogens is 1. The van der Waals surface area contributed by atoms with Gasteiger partial charge in [-0.1, -0.05) is 41.2 Å². The summed E-state index contributed by atoms with van der Waals surface area (Å²) in [6.45, 7) is 0. The number of hydrogen-bond acceptors (Lipinski definition) is 3. The Morgan fingerprint density at radius 2 is 1.81 bits per heavy atom. The van der Waals surface area contributed by atoms with Crippen LogP contribution < -0.4 is 0 Å². The van der Waals surface area contributed by atoms with Crippen LogP contribution in [0.4, 0.5) is 0 Å². The minimum atomic E-state index is -1.04. The van der Waals surface area contributed by atoms with Gasteiger partial charge < -0.3 is 9.63 Å². The maximum Gasteiger partial charge on any atom is 0.341 e. The van der Waals surface area contributed by atoms with Crippen molar-refractivity contribution in [1.29, 1.82) is 0 Å². The van der Waals surface area contributed by atoms with Crippen LogP contribution in [-0.4, -0.2) is 16.2 Å². The third-order valence-electron chi connectivity index (χ3n) is 3.79. The summed E-state index contributed by atoms with van der Waals surface area (Å²) in [6, 6.07) is 4.86. The Labute approximate surface area is 131 Å². The van der Waals surface area contributed by atoms with Crippen molar-refractivity contribution in [3.63, 3.8) is 0 Å². The van der Waals surface area contributed by atoms with Crippen LogP contribution >= 0.6 is 23.2 Å². The number of benzene rings is 1. The van der Waals surface area contributed by atoms with Gasteiger partial charge in [0.25, 0.3) is 0 Å². The smallest absolute Gasteiger partial charge is 0.341 e. The predicted octanol–water partition coefficient (Wildman–Crippen LogP) is 5.00. The van der Waals surface area contributed by atoms with Gasteiger partial charge in [0.2, 0.25) is 0 Å². The van der Waals surface area contributed by atoms with Gasteiger partial charge in [-0.3, -0.25) is 0 Å². The van der Waals surface area contributed by atoms with E-state index in [0.717, 1.165) is 25.7 Å². The molecule has 3 rings (SSSR count). The number of carboxylic acid groups (broad SMARTS) is 1. The van der Waals surface area contributed by atoms with Gasteiger partial charge in [-0.2, -0.15) is 0 Å². The van der Waals surface area contributed by atoms with Crippen LogP contribution in [0.15, 0.2) is 22.7 Å². The lowest BCUT2D eigenvalue weighted by molar-refractivity contribution is 0.0694. The van der Waals surface area contributed by atoms with Crippen molar-refractivity contribution in [3.05, 3.63) is 39.6 Å². The van der Waals surface area contributed by atoms with Crippen molar-refractivity contribution in [3.8, 4) is 11.3 Å². The van der Waals surface area contributed by atoms with E-state index in [2.05, 4.69) is 5.16 Å². The van der Waals surface area contributed by atoms with E-state index in [1.807, 2.05) is 0 Å². The molecule has 2 aromatic rings. The van der Waals surface area contributed by atoms with Crippen molar-refractivity contribution in [2.75, 3.05) is 0 Å². The lowest BCUT2D eigenvalue weighted by Crippen LogP contribution is -2.04. The molecule has 0 radical (unpaired) electrons. The first-order chi connectivity index (χ1) is 10.1. The van der Waals surface area contributed by atoms with Gasteiger partial charge in [-0.05, 0) is 31.0 Å². The van der Waals surface area contributed by atoms with Crippen molar-refractivity contribution >= 4 is 29.2 Å². The molecule has 0 amide bonds. The molecule has 110 valence electrons. The Morgan fingerprint density at radius 1 is 1.19 bits per heavy atom. The van der Waals surface area contributed by atoms with Crippen LogP contribution in [0.3, 0.4) is 0 Å². The molecule has 1 fully saturated rings. The molecule has 1 aliphatic rings. The second-order valence-corrected chi connectivity index (χ2v) is 6.09. The van der Waals surface area contributed by atoms with Crippen molar-refractivity contribution in [1.82, 2.24) is 5.16 Å². The van der Waals surface area contributed by atoms with E-state index < -0.39 is 5.97 Å². The molecule has 1 N–H and O–H groups in total. The fourth-order valence-corrected chi connectivity index (χ4v) is 3.39. The van der Waals surface area contributed by atoms with E-state index in [4.69, 9.17) is 27.7 Å². The zero-order valence-electron chi connectivity index (χ0n) is 11.1. The predicted molar refractivity (Wildman–Crippen MR) is 80.1 cm³/mol. The number of nitrogens with zero attached hydrogens (tertiary/aromatic N) is 1. The van der Waals surface area contributed by atoms with Gasteiger partial charge >= 0.3 is 5.97 Å². The largest absolute Gasteiger partial charge is 0.477 e. The summed E-state index contributed by atoms with van der Waals surface area (Å²) >= 11 is 12.0. The highest BCUT2D eigenvalue weighted by molar-refractivity contribution is 6.35. The molecule has 0 atom stereocenters. The summed E-state index contributed by atoms with van der Waals surface area (Å²) in [5.74, 6) is -0.442. The van der Waals surface area contributed by atoms with E-state index in [0.29, 0.717) is 21.4 Å². The number of aromatic carboxylic acids is 1. The number of rotatable bonds is 3. The fourth-order valence-electron chi connectivity index (χ4n) is 2.86.